The van der Waals surface area contributed by atoms with E-state index in [9.17, 15) is 4.79 Å². The first-order chi connectivity index (χ1) is 13.0. The molecule has 24 heavy (non-hydrogen) atoms. The number of hydrogen-bond acceptors (Lipinski definition) is 5. The first-order valence-electron chi connectivity index (χ1n) is 9.87. The Morgan fingerprint density at radius 3 is 2.58 bits per heavy atom. The summed E-state index contributed by atoms with van der Waals surface area (Å²) in [4.78, 5) is 13.8. The molecule has 1 saturated heterocycles. The highest BCUT2D eigenvalue weighted by Crippen LogP contribution is 2.34. The lowest BCUT2D eigenvalue weighted by atomic mass is 10.1. The highest BCUT2D eigenvalue weighted by molar-refractivity contribution is 5.68. The van der Waals surface area contributed by atoms with E-state index in [0.717, 1.165) is 0 Å². The summed E-state index contributed by atoms with van der Waals surface area (Å²) in [5.41, 5.74) is -0.556. The molecule has 0 saturated carbocycles. The Morgan fingerprint density at radius 2 is 1.92 bits per heavy atom. The third-order valence-electron chi connectivity index (χ3n) is 3.52. The van der Waals surface area contributed by atoms with E-state index in [1.165, 1.54) is 6.07 Å². The van der Waals surface area contributed by atoms with Crippen LogP contribution in [0.3, 0.4) is 0 Å². The van der Waals surface area contributed by atoms with Crippen molar-refractivity contribution in [2.45, 2.75) is 45.3 Å². The Bertz CT molecular complexity index is 813. The molecular formula is C18H23NO5. The van der Waals surface area contributed by atoms with Crippen molar-refractivity contribution >= 4 is 6.09 Å². The fraction of sp³-hybridized carbons (Fsp3) is 0.500. The molecule has 0 atom stereocenters. The van der Waals surface area contributed by atoms with Crippen LogP contribution in [0, 0.1) is 0 Å². The number of piperidine rings is 1. The van der Waals surface area contributed by atoms with E-state index < -0.39 is 18.1 Å². The number of likely N-dealkylation sites (tertiary alicyclic amines) is 1. The van der Waals surface area contributed by atoms with E-state index in [2.05, 4.69) is 0 Å². The maximum atomic E-state index is 12.1. The van der Waals surface area contributed by atoms with Crippen molar-refractivity contribution in [2.24, 2.45) is 0 Å². The van der Waals surface area contributed by atoms with Gasteiger partial charge in [-0.25, -0.2) is 4.79 Å². The van der Waals surface area contributed by atoms with Gasteiger partial charge in [-0.05, 0) is 32.9 Å². The van der Waals surface area contributed by atoms with Crippen LogP contribution < -0.4 is 14.2 Å². The number of rotatable bonds is 2. The molecule has 0 radical (unpaired) electrons. The van der Waals surface area contributed by atoms with Crippen molar-refractivity contribution in [3.05, 3.63) is 30.6 Å². The summed E-state index contributed by atoms with van der Waals surface area (Å²) in [5.74, 6) is 0.0283. The number of amides is 1. The van der Waals surface area contributed by atoms with Gasteiger partial charge in [0.15, 0.2) is 11.5 Å². The molecule has 1 amide bonds. The molecule has 3 rings (SSSR count). The monoisotopic (exact) mass is 337 g/mol. The molecule has 1 aromatic carbocycles. The average molecular weight is 337 g/mol. The molecular weight excluding hydrogens is 310 g/mol. The van der Waals surface area contributed by atoms with Crippen molar-refractivity contribution < 1.29 is 29.2 Å². The lowest BCUT2D eigenvalue weighted by molar-refractivity contribution is 0.0126. The van der Waals surface area contributed by atoms with Crippen LogP contribution in [0.2, 0.25) is 0 Å². The van der Waals surface area contributed by atoms with Crippen LogP contribution in [-0.2, 0) is 4.74 Å². The number of hydrogen-bond donors (Lipinski definition) is 0. The fourth-order valence-corrected chi connectivity index (χ4v) is 2.41. The highest BCUT2D eigenvalue weighted by Gasteiger charge is 2.27. The molecule has 0 N–H and O–H groups in total. The van der Waals surface area contributed by atoms with Gasteiger partial charge < -0.3 is 23.8 Å². The Balaban J connectivity index is 1.67. The van der Waals surface area contributed by atoms with Crippen LogP contribution >= 0.6 is 0 Å². The second kappa shape index (κ2) is 6.63. The number of carbonyl (C=O) groups is 1. The maximum absolute atomic E-state index is 12.1. The molecule has 1 aromatic rings. The van der Waals surface area contributed by atoms with E-state index in [4.69, 9.17) is 24.4 Å². The third kappa shape index (κ3) is 4.13. The van der Waals surface area contributed by atoms with Gasteiger partial charge in [-0.1, -0.05) is 0 Å². The normalized spacial score (nSPS) is 20.7. The minimum Gasteiger partial charge on any atom is -0.490 e. The number of benzene rings is 1. The topological polar surface area (TPSA) is 57.2 Å². The summed E-state index contributed by atoms with van der Waals surface area (Å²) >= 11 is 0. The molecule has 2 heterocycles. The Morgan fingerprint density at radius 1 is 1.25 bits per heavy atom. The molecule has 0 spiro atoms. The molecule has 6 nitrogen and oxygen atoms in total. The largest absolute Gasteiger partial charge is 0.490 e. The lowest BCUT2D eigenvalue weighted by Gasteiger charge is -2.33. The maximum Gasteiger partial charge on any atom is 0.410 e. The first-order valence-corrected chi connectivity index (χ1v) is 7.87. The van der Waals surface area contributed by atoms with Crippen LogP contribution in [-0.4, -0.2) is 35.8 Å². The minimum absolute atomic E-state index is 0.0271. The molecule has 2 aliphatic heterocycles. The molecule has 0 aromatic heterocycles. The average Bonchev–Trinajstić information content (AvgIpc) is 2.60. The van der Waals surface area contributed by atoms with Crippen molar-refractivity contribution in [1.29, 1.82) is 0 Å². The van der Waals surface area contributed by atoms with Gasteiger partial charge in [-0.15, -0.1) is 0 Å². The second-order valence-corrected chi connectivity index (χ2v) is 6.63. The molecule has 6 heteroatoms. The zero-order valence-corrected chi connectivity index (χ0v) is 14.0. The molecule has 1 fully saturated rings. The SMILES string of the molecule is [2H]C1=C([2H])Oc2c(cc([2H])c(OC3CCN(C(=O)OC(C)(C)C)CC3)c2[2H])O1. The number of carbonyl (C=O) groups excluding carboxylic acids is 1. The lowest BCUT2D eigenvalue weighted by Crippen LogP contribution is -2.44. The number of fused-ring (bicyclic) bond motifs is 1. The number of ether oxygens (including phenoxy) is 4. The van der Waals surface area contributed by atoms with Crippen molar-refractivity contribution in [3.8, 4) is 17.2 Å². The molecule has 0 aliphatic carbocycles. The van der Waals surface area contributed by atoms with Crippen molar-refractivity contribution in [2.75, 3.05) is 13.1 Å². The zero-order valence-electron chi connectivity index (χ0n) is 18.0. The predicted octanol–water partition coefficient (Wildman–Crippen LogP) is 3.71. The van der Waals surface area contributed by atoms with E-state index in [1.807, 2.05) is 20.8 Å². The third-order valence-corrected chi connectivity index (χ3v) is 3.52. The van der Waals surface area contributed by atoms with Gasteiger partial charge in [-0.2, -0.15) is 0 Å². The van der Waals surface area contributed by atoms with Gasteiger partial charge in [0, 0.05) is 32.0 Å². The van der Waals surface area contributed by atoms with Gasteiger partial charge in [0.05, 0.1) is 2.74 Å². The minimum atomic E-state index is -0.556. The van der Waals surface area contributed by atoms with Gasteiger partial charge in [0.1, 0.15) is 32.7 Å². The first kappa shape index (κ1) is 12.1. The Hall–Kier alpha value is -2.37. The summed E-state index contributed by atoms with van der Waals surface area (Å²) in [6.07, 6.45) is -0.550. The standard InChI is InChI=1S/C18H23NO5/c1-18(2,3)24-17(20)19-8-6-13(7-9-19)23-14-4-5-15-16(12-14)22-11-10-21-15/h4-5,10-13H,6-9H2,1-3H3/i4D,10D,11D,12D. The fourth-order valence-electron chi connectivity index (χ4n) is 2.41. The zero-order chi connectivity index (χ0) is 20.6. The summed E-state index contributed by atoms with van der Waals surface area (Å²) < 4.78 is 52.9. The molecule has 2 aliphatic rings. The van der Waals surface area contributed by atoms with Gasteiger partial charge in [0.25, 0.3) is 0 Å². The smallest absolute Gasteiger partial charge is 0.410 e. The van der Waals surface area contributed by atoms with E-state index in [0.29, 0.717) is 25.9 Å². The molecule has 0 unspecified atom stereocenters. The Kier molecular flexibility index (Phi) is 3.33. The quantitative estimate of drug-likeness (QED) is 0.823. The molecule has 0 bridgehead atoms. The van der Waals surface area contributed by atoms with Crippen LogP contribution in [0.15, 0.2) is 30.6 Å². The van der Waals surface area contributed by atoms with E-state index in [-0.39, 0.29) is 41.5 Å². The predicted molar refractivity (Wildman–Crippen MR) is 88.3 cm³/mol. The van der Waals surface area contributed by atoms with Crippen LogP contribution in [0.25, 0.3) is 0 Å². The summed E-state index contributed by atoms with van der Waals surface area (Å²) in [6.45, 7) is 6.35. The second-order valence-electron chi connectivity index (χ2n) is 6.63. The Labute approximate surface area is 147 Å². The van der Waals surface area contributed by atoms with Crippen LogP contribution in [0.5, 0.6) is 17.2 Å². The van der Waals surface area contributed by atoms with E-state index in [1.54, 1.807) is 4.90 Å². The molecule has 130 valence electrons. The highest BCUT2D eigenvalue weighted by atomic mass is 16.6. The van der Waals surface area contributed by atoms with Gasteiger partial charge >= 0.3 is 6.09 Å². The van der Waals surface area contributed by atoms with Crippen molar-refractivity contribution in [3.63, 3.8) is 0 Å². The van der Waals surface area contributed by atoms with E-state index >= 15 is 0 Å². The number of nitrogens with zero attached hydrogens (tertiary/aromatic N) is 1. The van der Waals surface area contributed by atoms with Crippen molar-refractivity contribution in [1.82, 2.24) is 4.90 Å². The van der Waals surface area contributed by atoms with Crippen LogP contribution in [0.4, 0.5) is 4.79 Å². The van der Waals surface area contributed by atoms with Gasteiger partial charge in [-0.3, -0.25) is 0 Å². The summed E-state index contributed by atoms with van der Waals surface area (Å²) in [5, 5.41) is 0. The van der Waals surface area contributed by atoms with Crippen LogP contribution in [0.1, 0.15) is 39.1 Å². The summed E-state index contributed by atoms with van der Waals surface area (Å²) in [7, 11) is 0. The van der Waals surface area contributed by atoms with Gasteiger partial charge in [0.2, 0.25) is 0 Å². The summed E-state index contributed by atoms with van der Waals surface area (Å²) in [6, 6.07) is 1.04.